The molecule has 11 heavy (non-hydrogen) atoms. The Labute approximate surface area is 62.9 Å². The molecule has 1 rings (SSSR count). The van der Waals surface area contributed by atoms with Crippen LogP contribution in [0, 0.1) is 0 Å². The molecule has 1 atom stereocenters. The summed E-state index contributed by atoms with van der Waals surface area (Å²) in [6.07, 6.45) is 0.159. The summed E-state index contributed by atoms with van der Waals surface area (Å²) in [5, 5.41) is 10.8. The predicted octanol–water partition coefficient (Wildman–Crippen LogP) is -1.01. The van der Waals surface area contributed by atoms with E-state index < -0.39 is 5.97 Å². The van der Waals surface area contributed by atoms with Gasteiger partial charge in [-0.2, -0.15) is 0 Å². The van der Waals surface area contributed by atoms with Crippen LogP contribution in [0.3, 0.4) is 0 Å². The maximum absolute atomic E-state index is 10.5. The lowest BCUT2D eigenvalue weighted by atomic mass is 10.2. The Hall–Kier alpha value is -1.30. The minimum absolute atomic E-state index is 0.0413. The number of carboxylic acid groups (broad SMARTS) is 1. The van der Waals surface area contributed by atoms with E-state index in [-0.39, 0.29) is 18.6 Å². The molecule has 0 aromatic rings. The van der Waals surface area contributed by atoms with E-state index in [9.17, 15) is 9.59 Å². The van der Waals surface area contributed by atoms with Gasteiger partial charge in [0, 0.05) is 6.42 Å². The van der Waals surface area contributed by atoms with Crippen molar-refractivity contribution in [1.82, 2.24) is 16.2 Å². The van der Waals surface area contributed by atoms with Crippen LogP contribution in [0.2, 0.25) is 0 Å². The second kappa shape index (κ2) is 3.20. The maximum atomic E-state index is 10.5. The number of carbonyl (C=O) groups excluding carboxylic acids is 1. The highest BCUT2D eigenvalue weighted by Gasteiger charge is 2.19. The molecule has 0 saturated carbocycles. The smallest absolute Gasteiger partial charge is 0.330 e. The second-order valence-electron chi connectivity index (χ2n) is 2.23. The molecule has 0 aliphatic carbocycles. The van der Waals surface area contributed by atoms with Crippen LogP contribution in [0.1, 0.15) is 12.8 Å². The number of aliphatic carboxylic acids is 1. The van der Waals surface area contributed by atoms with Crippen molar-refractivity contribution in [3.05, 3.63) is 0 Å². The van der Waals surface area contributed by atoms with Crippen LogP contribution in [-0.2, 0) is 4.79 Å². The molecule has 1 heterocycles. The number of carbonyl (C=O) groups is 2. The number of rotatable bonds is 3. The fraction of sp³-hybridized carbons (Fsp3) is 0.600. The Morgan fingerprint density at radius 2 is 2.36 bits per heavy atom. The summed E-state index contributed by atoms with van der Waals surface area (Å²) in [7, 11) is 0. The van der Waals surface area contributed by atoms with Gasteiger partial charge in [-0.25, -0.2) is 10.2 Å². The van der Waals surface area contributed by atoms with Gasteiger partial charge < -0.3 is 10.4 Å². The number of hydrazine groups is 1. The molecule has 1 aliphatic rings. The number of urea groups is 1. The molecule has 0 radical (unpaired) electrons. The molecule has 1 unspecified atom stereocenters. The Morgan fingerprint density at radius 1 is 1.64 bits per heavy atom. The van der Waals surface area contributed by atoms with Crippen molar-refractivity contribution in [3.8, 4) is 0 Å². The summed E-state index contributed by atoms with van der Waals surface area (Å²) in [4.78, 5) is 20.5. The van der Waals surface area contributed by atoms with Crippen LogP contribution in [0.4, 0.5) is 4.79 Å². The van der Waals surface area contributed by atoms with Gasteiger partial charge in [-0.1, -0.05) is 0 Å². The van der Waals surface area contributed by atoms with Gasteiger partial charge in [0.25, 0.3) is 0 Å². The van der Waals surface area contributed by atoms with Crippen LogP contribution < -0.4 is 16.2 Å². The molecule has 0 spiro atoms. The minimum atomic E-state index is -0.868. The van der Waals surface area contributed by atoms with Crippen LogP contribution in [0.25, 0.3) is 0 Å². The lowest BCUT2D eigenvalue weighted by Gasteiger charge is -2.05. The van der Waals surface area contributed by atoms with Crippen molar-refractivity contribution in [1.29, 1.82) is 0 Å². The van der Waals surface area contributed by atoms with Gasteiger partial charge in [-0.15, -0.1) is 0 Å². The van der Waals surface area contributed by atoms with E-state index in [1.807, 2.05) is 0 Å². The van der Waals surface area contributed by atoms with E-state index in [1.165, 1.54) is 0 Å². The topological polar surface area (TPSA) is 90.5 Å². The highest BCUT2D eigenvalue weighted by molar-refractivity contribution is 5.75. The normalized spacial score (nSPS) is 22.5. The van der Waals surface area contributed by atoms with Gasteiger partial charge >= 0.3 is 12.0 Å². The van der Waals surface area contributed by atoms with Crippen LogP contribution in [0.15, 0.2) is 0 Å². The minimum Gasteiger partial charge on any atom is -0.481 e. The summed E-state index contributed by atoms with van der Waals surface area (Å²) in [5.41, 5.74) is 4.89. The number of hydrogen-bond acceptors (Lipinski definition) is 3. The third-order valence-electron chi connectivity index (χ3n) is 1.31. The van der Waals surface area contributed by atoms with Crippen LogP contribution in [-0.4, -0.2) is 23.3 Å². The fourth-order valence-electron chi connectivity index (χ4n) is 0.795. The maximum Gasteiger partial charge on any atom is 0.330 e. The first-order valence-electron chi connectivity index (χ1n) is 3.22. The van der Waals surface area contributed by atoms with Gasteiger partial charge in [0.05, 0.1) is 6.17 Å². The predicted molar refractivity (Wildman–Crippen MR) is 35.5 cm³/mol. The number of hydrogen-bond donors (Lipinski definition) is 4. The number of amides is 2. The molecule has 2 amide bonds. The first-order valence-corrected chi connectivity index (χ1v) is 3.22. The first kappa shape index (κ1) is 7.80. The summed E-state index contributed by atoms with van der Waals surface area (Å²) in [6, 6.07) is -0.319. The highest BCUT2D eigenvalue weighted by atomic mass is 16.4. The first-order chi connectivity index (χ1) is 5.18. The van der Waals surface area contributed by atoms with Gasteiger partial charge in [-0.3, -0.25) is 10.2 Å². The van der Waals surface area contributed by atoms with Crippen LogP contribution >= 0.6 is 0 Å². The van der Waals surface area contributed by atoms with Crippen molar-refractivity contribution >= 4 is 12.0 Å². The zero-order valence-corrected chi connectivity index (χ0v) is 5.76. The highest BCUT2D eigenvalue weighted by Crippen LogP contribution is 1.95. The molecule has 0 aromatic carbocycles. The van der Waals surface area contributed by atoms with E-state index in [4.69, 9.17) is 5.11 Å². The molecule has 6 heteroatoms. The van der Waals surface area contributed by atoms with Gasteiger partial charge in [0.1, 0.15) is 0 Å². The molecular weight excluding hydrogens is 150 g/mol. The molecule has 0 aromatic heterocycles. The average Bonchev–Trinajstić information content (AvgIpc) is 2.31. The molecule has 1 fully saturated rings. The monoisotopic (exact) mass is 159 g/mol. The van der Waals surface area contributed by atoms with Crippen molar-refractivity contribution in [2.45, 2.75) is 19.0 Å². The standard InChI is InChI=1S/C5H9N3O3/c9-4(10)2-1-3-6-5(11)8-7-3/h3,7H,1-2H2,(H,9,10)(H2,6,8,11). The van der Waals surface area contributed by atoms with Crippen molar-refractivity contribution < 1.29 is 14.7 Å². The molecule has 62 valence electrons. The molecule has 4 N–H and O–H groups in total. The van der Waals surface area contributed by atoms with E-state index >= 15 is 0 Å². The molecule has 1 aliphatic heterocycles. The quantitative estimate of drug-likeness (QED) is 0.425. The van der Waals surface area contributed by atoms with Crippen molar-refractivity contribution in [3.63, 3.8) is 0 Å². The molecule has 6 nitrogen and oxygen atoms in total. The number of nitrogens with one attached hydrogen (secondary N) is 3. The Bertz CT molecular complexity index is 182. The summed E-state index contributed by atoms with van der Waals surface area (Å²) >= 11 is 0. The average molecular weight is 159 g/mol. The molecule has 1 saturated heterocycles. The Kier molecular flexibility index (Phi) is 2.27. The summed E-state index contributed by atoms with van der Waals surface area (Å²) in [5.74, 6) is -0.868. The zero-order valence-electron chi connectivity index (χ0n) is 5.76. The van der Waals surface area contributed by atoms with Crippen LogP contribution in [0.5, 0.6) is 0 Å². The van der Waals surface area contributed by atoms with Gasteiger partial charge in [0.15, 0.2) is 0 Å². The molecular formula is C5H9N3O3. The van der Waals surface area contributed by atoms with E-state index in [0.717, 1.165) is 0 Å². The Morgan fingerprint density at radius 3 is 2.82 bits per heavy atom. The van der Waals surface area contributed by atoms with E-state index in [0.29, 0.717) is 6.42 Å². The SMILES string of the molecule is O=C(O)CCC1NNC(=O)N1. The summed E-state index contributed by atoms with van der Waals surface area (Å²) < 4.78 is 0. The van der Waals surface area contributed by atoms with E-state index in [2.05, 4.69) is 16.2 Å². The lowest BCUT2D eigenvalue weighted by molar-refractivity contribution is -0.137. The zero-order chi connectivity index (χ0) is 8.27. The molecule has 0 bridgehead atoms. The third-order valence-corrected chi connectivity index (χ3v) is 1.31. The van der Waals surface area contributed by atoms with Gasteiger partial charge in [-0.05, 0) is 6.42 Å². The van der Waals surface area contributed by atoms with Crippen molar-refractivity contribution in [2.75, 3.05) is 0 Å². The van der Waals surface area contributed by atoms with Gasteiger partial charge in [0.2, 0.25) is 0 Å². The fourth-order valence-corrected chi connectivity index (χ4v) is 0.795. The lowest BCUT2D eigenvalue weighted by Crippen LogP contribution is -2.33. The third kappa shape index (κ3) is 2.42. The van der Waals surface area contributed by atoms with Crippen molar-refractivity contribution in [2.24, 2.45) is 0 Å². The number of carboxylic acids is 1. The Balaban J connectivity index is 2.18. The second-order valence-corrected chi connectivity index (χ2v) is 2.23. The largest absolute Gasteiger partial charge is 0.481 e. The van der Waals surface area contributed by atoms with E-state index in [1.54, 1.807) is 0 Å². The summed E-state index contributed by atoms with van der Waals surface area (Å²) in [6.45, 7) is 0.